The maximum Gasteiger partial charge on any atom is 0.267 e. The number of rotatable bonds is 5. The van der Waals surface area contributed by atoms with Crippen molar-refractivity contribution in [1.29, 1.82) is 0 Å². The van der Waals surface area contributed by atoms with Gasteiger partial charge in [-0.15, -0.1) is 0 Å². The molecule has 2 N–H and O–H groups in total. The van der Waals surface area contributed by atoms with Crippen LogP contribution in [0.5, 0.6) is 0 Å². The van der Waals surface area contributed by atoms with E-state index in [1.807, 2.05) is 25.9 Å². The van der Waals surface area contributed by atoms with Crippen LogP contribution in [0.3, 0.4) is 0 Å². The van der Waals surface area contributed by atoms with E-state index in [-0.39, 0.29) is 17.8 Å². The number of methoxy groups -OCH3 is 1. The molecule has 0 aliphatic carbocycles. The summed E-state index contributed by atoms with van der Waals surface area (Å²) in [5.41, 5.74) is 5.79. The van der Waals surface area contributed by atoms with Crippen molar-refractivity contribution in [3.63, 3.8) is 0 Å². The molecule has 1 heterocycles. The highest BCUT2D eigenvalue weighted by atomic mass is 32.1. The van der Waals surface area contributed by atoms with Crippen LogP contribution in [0.25, 0.3) is 0 Å². The first kappa shape index (κ1) is 14.7. The van der Waals surface area contributed by atoms with Gasteiger partial charge in [0.05, 0.1) is 12.6 Å². The summed E-state index contributed by atoms with van der Waals surface area (Å²) in [5, 5.41) is 0.726. The molecule has 0 saturated carbocycles. The molecule has 1 aromatic heterocycles. The van der Waals surface area contributed by atoms with Gasteiger partial charge in [-0.1, -0.05) is 11.3 Å². The van der Waals surface area contributed by atoms with Crippen molar-refractivity contribution in [2.45, 2.75) is 13.0 Å². The van der Waals surface area contributed by atoms with Gasteiger partial charge in [0.15, 0.2) is 5.13 Å². The molecule has 0 saturated heterocycles. The first-order valence-corrected chi connectivity index (χ1v) is 6.39. The highest BCUT2D eigenvalue weighted by Gasteiger charge is 2.23. The molecule has 102 valence electrons. The van der Waals surface area contributed by atoms with Gasteiger partial charge in [-0.05, 0) is 6.92 Å². The summed E-state index contributed by atoms with van der Waals surface area (Å²) in [6.45, 7) is 2.41. The Morgan fingerprint density at radius 3 is 2.56 bits per heavy atom. The zero-order valence-electron chi connectivity index (χ0n) is 11.4. The third-order valence-corrected chi connectivity index (χ3v) is 3.84. The minimum Gasteiger partial charge on any atom is -0.383 e. The van der Waals surface area contributed by atoms with Crippen LogP contribution in [-0.2, 0) is 4.74 Å². The van der Waals surface area contributed by atoms with Crippen LogP contribution in [0.15, 0.2) is 0 Å². The van der Waals surface area contributed by atoms with Gasteiger partial charge in [-0.2, -0.15) is 0 Å². The number of hydrogen-bond acceptors (Lipinski definition) is 6. The summed E-state index contributed by atoms with van der Waals surface area (Å²) in [7, 11) is 7.08. The summed E-state index contributed by atoms with van der Waals surface area (Å²) in [5.74, 6) is 0.160. The van der Waals surface area contributed by atoms with E-state index in [1.165, 1.54) is 11.3 Å². The van der Waals surface area contributed by atoms with Crippen LogP contribution >= 0.6 is 11.3 Å². The van der Waals surface area contributed by atoms with Crippen molar-refractivity contribution in [3.05, 3.63) is 4.88 Å². The maximum atomic E-state index is 12.3. The zero-order chi connectivity index (χ0) is 13.9. The van der Waals surface area contributed by atoms with E-state index >= 15 is 0 Å². The Hall–Kier alpha value is -1.34. The van der Waals surface area contributed by atoms with E-state index in [9.17, 15) is 4.79 Å². The number of likely N-dealkylation sites (N-methyl/N-ethyl adjacent to an activating group) is 1. The quantitative estimate of drug-likeness (QED) is 0.862. The fraction of sp³-hybridized carbons (Fsp3) is 0.636. The van der Waals surface area contributed by atoms with Crippen molar-refractivity contribution >= 4 is 28.2 Å². The largest absolute Gasteiger partial charge is 0.383 e. The molecular formula is C11H20N4O2S. The number of nitrogens with two attached hydrogens (primary N) is 1. The first-order chi connectivity index (χ1) is 8.38. The molecule has 1 aromatic rings. The number of anilines is 2. The normalized spacial score (nSPS) is 12.3. The maximum absolute atomic E-state index is 12.3. The Morgan fingerprint density at radius 1 is 1.50 bits per heavy atom. The smallest absolute Gasteiger partial charge is 0.267 e. The Morgan fingerprint density at radius 2 is 2.11 bits per heavy atom. The van der Waals surface area contributed by atoms with Gasteiger partial charge in [0, 0.05) is 28.3 Å². The van der Waals surface area contributed by atoms with Gasteiger partial charge in [-0.3, -0.25) is 4.79 Å². The predicted molar refractivity (Wildman–Crippen MR) is 74.3 cm³/mol. The molecule has 6 nitrogen and oxygen atoms in total. The molecule has 0 radical (unpaired) electrons. The van der Waals surface area contributed by atoms with E-state index in [0.717, 1.165) is 5.13 Å². The van der Waals surface area contributed by atoms with Crippen molar-refractivity contribution in [2.75, 3.05) is 45.5 Å². The van der Waals surface area contributed by atoms with Crippen LogP contribution in [0.1, 0.15) is 16.6 Å². The van der Waals surface area contributed by atoms with Crippen molar-refractivity contribution in [3.8, 4) is 0 Å². The van der Waals surface area contributed by atoms with Crippen molar-refractivity contribution in [2.24, 2.45) is 0 Å². The van der Waals surface area contributed by atoms with Crippen LogP contribution in [0.4, 0.5) is 10.9 Å². The van der Waals surface area contributed by atoms with Crippen LogP contribution in [-0.4, -0.2) is 56.7 Å². The van der Waals surface area contributed by atoms with Gasteiger partial charge in [0.2, 0.25) is 0 Å². The molecule has 0 fully saturated rings. The van der Waals surface area contributed by atoms with Crippen LogP contribution in [0.2, 0.25) is 0 Å². The molecule has 1 unspecified atom stereocenters. The average molecular weight is 272 g/mol. The molecule has 0 bridgehead atoms. The van der Waals surface area contributed by atoms with Gasteiger partial charge in [0.25, 0.3) is 5.91 Å². The molecule has 1 atom stereocenters. The second-order valence-corrected chi connectivity index (χ2v) is 5.30. The molecule has 0 spiro atoms. The molecule has 0 aromatic carbocycles. The lowest BCUT2D eigenvalue weighted by molar-refractivity contribution is 0.0639. The minimum absolute atomic E-state index is 0.00759. The number of amides is 1. The summed E-state index contributed by atoms with van der Waals surface area (Å²) in [6.07, 6.45) is 0. The Balaban J connectivity index is 2.89. The second kappa shape index (κ2) is 6.01. The second-order valence-electron chi connectivity index (χ2n) is 4.33. The number of carbonyl (C=O) groups excluding carboxylic acids is 1. The zero-order valence-corrected chi connectivity index (χ0v) is 12.2. The first-order valence-electron chi connectivity index (χ1n) is 5.58. The van der Waals surface area contributed by atoms with E-state index < -0.39 is 0 Å². The highest BCUT2D eigenvalue weighted by Crippen LogP contribution is 2.28. The van der Waals surface area contributed by atoms with Crippen LogP contribution in [0, 0.1) is 0 Å². The van der Waals surface area contributed by atoms with Crippen LogP contribution < -0.4 is 10.6 Å². The summed E-state index contributed by atoms with van der Waals surface area (Å²) in [6, 6.07) is -0.00759. The summed E-state index contributed by atoms with van der Waals surface area (Å²) >= 11 is 1.30. The van der Waals surface area contributed by atoms with E-state index in [0.29, 0.717) is 11.5 Å². The number of nitrogen functional groups attached to an aromatic ring is 1. The van der Waals surface area contributed by atoms with Crippen molar-refractivity contribution in [1.82, 2.24) is 9.88 Å². The molecule has 0 aliphatic rings. The van der Waals surface area contributed by atoms with E-state index in [4.69, 9.17) is 10.5 Å². The number of aromatic nitrogens is 1. The third-order valence-electron chi connectivity index (χ3n) is 2.61. The van der Waals surface area contributed by atoms with Gasteiger partial charge in [-0.25, -0.2) is 4.98 Å². The summed E-state index contributed by atoms with van der Waals surface area (Å²) in [4.78, 5) is 20.3. The lowest BCUT2D eigenvalue weighted by atomic mass is 10.3. The fourth-order valence-corrected chi connectivity index (χ4v) is 2.27. The Kier molecular flexibility index (Phi) is 4.92. The molecule has 0 aliphatic heterocycles. The van der Waals surface area contributed by atoms with Crippen molar-refractivity contribution < 1.29 is 9.53 Å². The van der Waals surface area contributed by atoms with Gasteiger partial charge in [0.1, 0.15) is 10.7 Å². The Labute approximate surface area is 111 Å². The lowest BCUT2D eigenvalue weighted by Crippen LogP contribution is -2.37. The van der Waals surface area contributed by atoms with E-state index in [2.05, 4.69) is 4.98 Å². The number of nitrogens with zero attached hydrogens (tertiary/aromatic N) is 3. The molecule has 7 heteroatoms. The topological polar surface area (TPSA) is 71.7 Å². The number of carbonyl (C=O) groups is 1. The monoisotopic (exact) mass is 272 g/mol. The summed E-state index contributed by atoms with van der Waals surface area (Å²) < 4.78 is 5.04. The fourth-order valence-electron chi connectivity index (χ4n) is 1.38. The SMILES string of the molecule is COCC(C)N(C)C(=O)c1sc(N(C)C)nc1N. The highest BCUT2D eigenvalue weighted by molar-refractivity contribution is 7.18. The molecular weight excluding hydrogens is 252 g/mol. The number of thiazole rings is 1. The third kappa shape index (κ3) is 3.11. The standard InChI is InChI=1S/C11H20N4O2S/c1-7(6-17-5)15(4)10(16)8-9(12)13-11(18-8)14(2)3/h7H,6,12H2,1-5H3. The molecule has 1 amide bonds. The predicted octanol–water partition coefficient (Wildman–Crippen LogP) is 0.898. The number of ether oxygens (including phenoxy) is 1. The molecule has 18 heavy (non-hydrogen) atoms. The lowest BCUT2D eigenvalue weighted by Gasteiger charge is -2.23. The Bertz CT molecular complexity index is 419. The minimum atomic E-state index is -0.123. The number of hydrogen-bond donors (Lipinski definition) is 1. The average Bonchev–Trinajstić information content (AvgIpc) is 2.70. The van der Waals surface area contributed by atoms with Gasteiger partial charge >= 0.3 is 0 Å². The van der Waals surface area contributed by atoms with E-state index in [1.54, 1.807) is 19.1 Å². The van der Waals surface area contributed by atoms with Gasteiger partial charge < -0.3 is 20.3 Å². The molecule has 1 rings (SSSR count).